The first-order chi connectivity index (χ1) is 9.65. The average Bonchev–Trinajstić information content (AvgIpc) is 2.43. The lowest BCUT2D eigenvalue weighted by atomic mass is 10.1. The first-order valence-corrected chi connectivity index (χ1v) is 7.13. The highest BCUT2D eigenvalue weighted by Gasteiger charge is 2.05. The highest BCUT2D eigenvalue weighted by Crippen LogP contribution is 2.19. The fourth-order valence-electron chi connectivity index (χ4n) is 2.08. The third kappa shape index (κ3) is 4.39. The summed E-state index contributed by atoms with van der Waals surface area (Å²) in [6.07, 6.45) is 2.30. The zero-order valence-corrected chi connectivity index (χ0v) is 12.3. The van der Waals surface area contributed by atoms with Crippen molar-refractivity contribution in [1.82, 2.24) is 0 Å². The van der Waals surface area contributed by atoms with Crippen LogP contribution in [0.25, 0.3) is 0 Å². The minimum absolute atomic E-state index is 0.0475. The highest BCUT2D eigenvalue weighted by atomic mass is 35.5. The molecule has 2 rings (SSSR count). The number of carbonyl (C=O) groups excluding carboxylic acids is 1. The molecule has 20 heavy (non-hydrogen) atoms. The summed E-state index contributed by atoms with van der Waals surface area (Å²) in [5.74, 6) is 0.0475. The summed E-state index contributed by atoms with van der Waals surface area (Å²) >= 11 is 5.89. The van der Waals surface area contributed by atoms with Gasteiger partial charge in [-0.25, -0.2) is 0 Å². The van der Waals surface area contributed by atoms with E-state index in [0.717, 1.165) is 24.1 Å². The van der Waals surface area contributed by atoms with Gasteiger partial charge in [0.25, 0.3) is 0 Å². The average molecular weight is 288 g/mol. The van der Waals surface area contributed by atoms with Crippen molar-refractivity contribution in [2.75, 3.05) is 5.32 Å². The molecule has 0 atom stereocenters. The van der Waals surface area contributed by atoms with Crippen LogP contribution < -0.4 is 5.32 Å². The maximum Gasteiger partial charge on any atom is 0.224 e. The largest absolute Gasteiger partial charge is 0.326 e. The molecule has 2 aromatic carbocycles. The molecule has 2 aromatic rings. The lowest BCUT2D eigenvalue weighted by molar-refractivity contribution is -0.116. The number of benzene rings is 2. The van der Waals surface area contributed by atoms with Gasteiger partial charge in [-0.1, -0.05) is 41.9 Å². The van der Waals surface area contributed by atoms with Crippen LogP contribution in [0.1, 0.15) is 24.0 Å². The van der Waals surface area contributed by atoms with E-state index in [1.165, 1.54) is 5.56 Å². The molecule has 104 valence electrons. The van der Waals surface area contributed by atoms with E-state index in [0.29, 0.717) is 11.4 Å². The molecule has 0 spiro atoms. The second kappa shape index (κ2) is 7.11. The van der Waals surface area contributed by atoms with Crippen LogP contribution in [0.3, 0.4) is 0 Å². The molecule has 1 N–H and O–H groups in total. The summed E-state index contributed by atoms with van der Waals surface area (Å²) in [4.78, 5) is 11.9. The number of anilines is 1. The number of amides is 1. The van der Waals surface area contributed by atoms with Gasteiger partial charge in [-0.05, 0) is 49.1 Å². The summed E-state index contributed by atoms with van der Waals surface area (Å²) in [7, 11) is 0. The summed E-state index contributed by atoms with van der Waals surface area (Å²) in [6.45, 7) is 1.94. The zero-order valence-electron chi connectivity index (χ0n) is 11.5. The Balaban J connectivity index is 1.81. The maximum atomic E-state index is 11.9. The topological polar surface area (TPSA) is 29.1 Å². The number of rotatable bonds is 5. The number of hydrogen-bond donors (Lipinski definition) is 1. The lowest BCUT2D eigenvalue weighted by Crippen LogP contribution is -2.12. The number of hydrogen-bond acceptors (Lipinski definition) is 1. The molecular formula is C17H18ClNO. The van der Waals surface area contributed by atoms with E-state index < -0.39 is 0 Å². The number of carbonyl (C=O) groups is 1. The molecule has 0 heterocycles. The van der Waals surface area contributed by atoms with Gasteiger partial charge in [0, 0.05) is 17.1 Å². The monoisotopic (exact) mass is 287 g/mol. The van der Waals surface area contributed by atoms with Gasteiger partial charge in [0.05, 0.1) is 0 Å². The Bertz CT molecular complexity index is 581. The second-order valence-electron chi connectivity index (χ2n) is 4.85. The molecule has 0 radical (unpaired) electrons. The molecule has 2 nitrogen and oxygen atoms in total. The van der Waals surface area contributed by atoms with Crippen LogP contribution in [-0.2, 0) is 11.2 Å². The number of halogens is 1. The van der Waals surface area contributed by atoms with Crippen molar-refractivity contribution in [2.45, 2.75) is 26.2 Å². The summed E-state index contributed by atoms with van der Waals surface area (Å²) in [6, 6.07) is 15.7. The lowest BCUT2D eigenvalue weighted by Gasteiger charge is -2.08. The molecule has 0 bridgehead atoms. The molecule has 0 saturated carbocycles. The highest BCUT2D eigenvalue weighted by molar-refractivity contribution is 6.30. The molecule has 1 amide bonds. The molecule has 0 aliphatic rings. The van der Waals surface area contributed by atoms with Crippen LogP contribution in [0.2, 0.25) is 5.02 Å². The minimum atomic E-state index is 0.0475. The fraction of sp³-hybridized carbons (Fsp3) is 0.235. The Morgan fingerprint density at radius 2 is 1.90 bits per heavy atom. The van der Waals surface area contributed by atoms with E-state index in [1.807, 2.05) is 37.3 Å². The first-order valence-electron chi connectivity index (χ1n) is 6.75. The standard InChI is InChI=1S/C17H18ClNO/c1-13-12-15(18)10-11-16(13)19-17(20)9-5-8-14-6-3-2-4-7-14/h2-4,6-7,10-12H,5,8-9H2,1H3,(H,19,20). The Hall–Kier alpha value is -1.80. The van der Waals surface area contributed by atoms with E-state index in [2.05, 4.69) is 17.4 Å². The Morgan fingerprint density at radius 1 is 1.15 bits per heavy atom. The Labute approximate surface area is 124 Å². The molecule has 0 aliphatic carbocycles. The first kappa shape index (κ1) is 14.6. The van der Waals surface area contributed by atoms with Crippen molar-refractivity contribution in [3.63, 3.8) is 0 Å². The van der Waals surface area contributed by atoms with Crippen LogP contribution in [0, 0.1) is 6.92 Å². The van der Waals surface area contributed by atoms with Gasteiger partial charge >= 0.3 is 0 Å². The van der Waals surface area contributed by atoms with Crippen molar-refractivity contribution in [3.8, 4) is 0 Å². The number of nitrogens with one attached hydrogen (secondary N) is 1. The predicted octanol–water partition coefficient (Wildman–Crippen LogP) is 4.61. The van der Waals surface area contributed by atoms with E-state index in [-0.39, 0.29) is 5.91 Å². The van der Waals surface area contributed by atoms with Crippen molar-refractivity contribution in [3.05, 3.63) is 64.7 Å². The minimum Gasteiger partial charge on any atom is -0.326 e. The summed E-state index contributed by atoms with van der Waals surface area (Å²) < 4.78 is 0. The maximum absolute atomic E-state index is 11.9. The fourth-order valence-corrected chi connectivity index (χ4v) is 2.30. The van der Waals surface area contributed by atoms with Gasteiger partial charge in [-0.15, -0.1) is 0 Å². The normalized spacial score (nSPS) is 10.3. The SMILES string of the molecule is Cc1cc(Cl)ccc1NC(=O)CCCc1ccccc1. The molecule has 0 aromatic heterocycles. The third-order valence-electron chi connectivity index (χ3n) is 3.17. The molecule has 0 fully saturated rings. The summed E-state index contributed by atoms with van der Waals surface area (Å²) in [5.41, 5.74) is 3.08. The van der Waals surface area contributed by atoms with Gasteiger partial charge in [0.15, 0.2) is 0 Å². The van der Waals surface area contributed by atoms with E-state index >= 15 is 0 Å². The predicted molar refractivity (Wildman–Crippen MR) is 84.2 cm³/mol. The van der Waals surface area contributed by atoms with Gasteiger partial charge < -0.3 is 5.32 Å². The van der Waals surface area contributed by atoms with E-state index in [9.17, 15) is 4.79 Å². The second-order valence-corrected chi connectivity index (χ2v) is 5.28. The van der Waals surface area contributed by atoms with Crippen LogP contribution in [0.5, 0.6) is 0 Å². The van der Waals surface area contributed by atoms with Gasteiger partial charge in [0.2, 0.25) is 5.91 Å². The number of aryl methyl sites for hydroxylation is 2. The van der Waals surface area contributed by atoms with E-state index in [1.54, 1.807) is 6.07 Å². The van der Waals surface area contributed by atoms with Crippen LogP contribution >= 0.6 is 11.6 Å². The van der Waals surface area contributed by atoms with Crippen molar-refractivity contribution < 1.29 is 4.79 Å². The van der Waals surface area contributed by atoms with Gasteiger partial charge in [-0.2, -0.15) is 0 Å². The van der Waals surface area contributed by atoms with E-state index in [4.69, 9.17) is 11.6 Å². The van der Waals surface area contributed by atoms with Crippen LogP contribution in [0.15, 0.2) is 48.5 Å². The van der Waals surface area contributed by atoms with Gasteiger partial charge in [-0.3, -0.25) is 4.79 Å². The van der Waals surface area contributed by atoms with Crippen molar-refractivity contribution in [1.29, 1.82) is 0 Å². The van der Waals surface area contributed by atoms with Crippen molar-refractivity contribution in [2.24, 2.45) is 0 Å². The quantitative estimate of drug-likeness (QED) is 0.855. The van der Waals surface area contributed by atoms with Gasteiger partial charge in [0.1, 0.15) is 0 Å². The zero-order chi connectivity index (χ0) is 14.4. The molecular weight excluding hydrogens is 270 g/mol. The Morgan fingerprint density at radius 3 is 2.60 bits per heavy atom. The molecule has 0 aliphatic heterocycles. The van der Waals surface area contributed by atoms with Crippen LogP contribution in [0.4, 0.5) is 5.69 Å². The smallest absolute Gasteiger partial charge is 0.224 e. The Kier molecular flexibility index (Phi) is 5.19. The third-order valence-corrected chi connectivity index (χ3v) is 3.41. The molecule has 3 heteroatoms. The van der Waals surface area contributed by atoms with Crippen molar-refractivity contribution >= 4 is 23.2 Å². The molecule has 0 unspecified atom stereocenters. The molecule has 0 saturated heterocycles. The summed E-state index contributed by atoms with van der Waals surface area (Å²) in [5, 5.41) is 3.61. The van der Waals surface area contributed by atoms with Crippen LogP contribution in [-0.4, -0.2) is 5.91 Å².